The molecule has 102 valence electrons. The van der Waals surface area contributed by atoms with Gasteiger partial charge in [-0.05, 0) is 20.3 Å². The predicted molar refractivity (Wildman–Crippen MR) is 62.1 cm³/mol. The van der Waals surface area contributed by atoms with Crippen molar-refractivity contribution in [3.05, 3.63) is 0 Å². The summed E-state index contributed by atoms with van der Waals surface area (Å²) in [4.78, 5) is 13.1. The van der Waals surface area contributed by atoms with Gasteiger partial charge < -0.3 is 9.64 Å². The third-order valence-corrected chi connectivity index (χ3v) is 2.53. The van der Waals surface area contributed by atoms with Gasteiger partial charge in [-0.3, -0.25) is 4.79 Å². The highest BCUT2D eigenvalue weighted by Gasteiger charge is 2.28. The van der Waals surface area contributed by atoms with Crippen LogP contribution in [0.5, 0.6) is 0 Å². The van der Waals surface area contributed by atoms with Gasteiger partial charge in [0.25, 0.3) is 0 Å². The van der Waals surface area contributed by atoms with E-state index in [1.807, 2.05) is 13.8 Å². The van der Waals surface area contributed by atoms with Gasteiger partial charge in [0.05, 0.1) is 0 Å². The number of hydrogen-bond donors (Lipinski definition) is 0. The smallest absolute Gasteiger partial charge is 0.362 e. The SMILES string of the molecule is CC(C)N(CCCBr)C(=O)COCC(F)(F)F. The lowest BCUT2D eigenvalue weighted by molar-refractivity contribution is -0.178. The zero-order chi connectivity index (χ0) is 13.5. The molecule has 7 heteroatoms. The summed E-state index contributed by atoms with van der Waals surface area (Å²) < 4.78 is 39.8. The molecule has 0 spiro atoms. The zero-order valence-electron chi connectivity index (χ0n) is 9.89. The van der Waals surface area contributed by atoms with E-state index >= 15 is 0 Å². The molecule has 3 nitrogen and oxygen atoms in total. The lowest BCUT2D eigenvalue weighted by atomic mass is 10.3. The normalized spacial score (nSPS) is 11.9. The second-order valence-electron chi connectivity index (χ2n) is 3.83. The number of alkyl halides is 4. The summed E-state index contributed by atoms with van der Waals surface area (Å²) >= 11 is 3.24. The van der Waals surface area contributed by atoms with Crippen molar-refractivity contribution < 1.29 is 22.7 Å². The Morgan fingerprint density at radius 1 is 1.41 bits per heavy atom. The first kappa shape index (κ1) is 16.7. The molecule has 0 saturated heterocycles. The Kier molecular flexibility index (Phi) is 7.78. The van der Waals surface area contributed by atoms with E-state index in [2.05, 4.69) is 20.7 Å². The molecule has 0 saturated carbocycles. The average molecular weight is 320 g/mol. The highest BCUT2D eigenvalue weighted by molar-refractivity contribution is 9.09. The van der Waals surface area contributed by atoms with Crippen LogP contribution < -0.4 is 0 Å². The predicted octanol–water partition coefficient (Wildman–Crippen LogP) is 2.59. The van der Waals surface area contributed by atoms with E-state index in [0.29, 0.717) is 6.54 Å². The van der Waals surface area contributed by atoms with Crippen LogP contribution in [0.2, 0.25) is 0 Å². The van der Waals surface area contributed by atoms with Crippen LogP contribution in [0, 0.1) is 0 Å². The standard InChI is InChI=1S/C10H17BrF3NO2/c1-8(2)15(5-3-4-11)9(16)6-17-7-10(12,13)14/h8H,3-7H2,1-2H3. The first-order valence-corrected chi connectivity index (χ1v) is 6.40. The van der Waals surface area contributed by atoms with E-state index in [1.54, 1.807) is 0 Å². The fourth-order valence-electron chi connectivity index (χ4n) is 1.24. The highest BCUT2D eigenvalue weighted by atomic mass is 79.9. The van der Waals surface area contributed by atoms with Crippen molar-refractivity contribution in [2.75, 3.05) is 25.1 Å². The molecule has 0 aromatic heterocycles. The second-order valence-corrected chi connectivity index (χ2v) is 4.62. The highest BCUT2D eigenvalue weighted by Crippen LogP contribution is 2.14. The van der Waals surface area contributed by atoms with Crippen LogP contribution >= 0.6 is 15.9 Å². The lowest BCUT2D eigenvalue weighted by Gasteiger charge is -2.26. The van der Waals surface area contributed by atoms with Gasteiger partial charge in [-0.25, -0.2) is 0 Å². The van der Waals surface area contributed by atoms with Gasteiger partial charge in [0.15, 0.2) is 0 Å². The third-order valence-electron chi connectivity index (χ3n) is 1.97. The van der Waals surface area contributed by atoms with Gasteiger partial charge in [0, 0.05) is 17.9 Å². The van der Waals surface area contributed by atoms with Crippen LogP contribution in [0.3, 0.4) is 0 Å². The fraction of sp³-hybridized carbons (Fsp3) is 0.900. The summed E-state index contributed by atoms with van der Waals surface area (Å²) in [6.45, 7) is 2.23. The van der Waals surface area contributed by atoms with E-state index in [4.69, 9.17) is 0 Å². The number of carbonyl (C=O) groups excluding carboxylic acids is 1. The molecule has 0 N–H and O–H groups in total. The van der Waals surface area contributed by atoms with E-state index < -0.39 is 25.3 Å². The van der Waals surface area contributed by atoms with Gasteiger partial charge in [0.1, 0.15) is 13.2 Å². The van der Waals surface area contributed by atoms with Gasteiger partial charge in [-0.15, -0.1) is 0 Å². The molecule has 0 aliphatic rings. The summed E-state index contributed by atoms with van der Waals surface area (Å²) in [5.74, 6) is -0.412. The average Bonchev–Trinajstić information content (AvgIpc) is 2.15. The Balaban J connectivity index is 4.06. The van der Waals surface area contributed by atoms with Crippen LogP contribution in [0.1, 0.15) is 20.3 Å². The zero-order valence-corrected chi connectivity index (χ0v) is 11.5. The quantitative estimate of drug-likeness (QED) is 0.675. The fourth-order valence-corrected chi connectivity index (χ4v) is 1.49. The molecule has 0 aliphatic heterocycles. The summed E-state index contributed by atoms with van der Waals surface area (Å²) in [6, 6.07) is -0.0453. The maximum atomic E-state index is 11.8. The Bertz CT molecular complexity index is 234. The molecular formula is C10H17BrF3NO2. The summed E-state index contributed by atoms with van der Waals surface area (Å²) in [7, 11) is 0. The van der Waals surface area contributed by atoms with Gasteiger partial charge in [-0.2, -0.15) is 13.2 Å². The molecule has 0 atom stereocenters. The number of ether oxygens (including phenoxy) is 1. The minimum atomic E-state index is -4.39. The Morgan fingerprint density at radius 3 is 2.41 bits per heavy atom. The molecule has 17 heavy (non-hydrogen) atoms. The molecule has 1 amide bonds. The molecule has 0 aliphatic carbocycles. The Morgan fingerprint density at radius 2 is 2.00 bits per heavy atom. The Labute approximate surface area is 107 Å². The first-order valence-electron chi connectivity index (χ1n) is 5.28. The number of nitrogens with zero attached hydrogens (tertiary/aromatic N) is 1. The van der Waals surface area contributed by atoms with Gasteiger partial charge in [0.2, 0.25) is 5.91 Å². The van der Waals surface area contributed by atoms with Crippen molar-refractivity contribution in [2.45, 2.75) is 32.5 Å². The van der Waals surface area contributed by atoms with Crippen molar-refractivity contribution in [3.63, 3.8) is 0 Å². The first-order chi connectivity index (χ1) is 7.78. The van der Waals surface area contributed by atoms with Gasteiger partial charge in [-0.1, -0.05) is 15.9 Å². The van der Waals surface area contributed by atoms with Crippen molar-refractivity contribution in [1.29, 1.82) is 0 Å². The second kappa shape index (κ2) is 7.92. The van der Waals surface area contributed by atoms with Crippen molar-refractivity contribution in [1.82, 2.24) is 4.90 Å². The topological polar surface area (TPSA) is 29.5 Å². The van der Waals surface area contributed by atoms with Crippen LogP contribution in [0.15, 0.2) is 0 Å². The number of hydrogen-bond acceptors (Lipinski definition) is 2. The van der Waals surface area contributed by atoms with Crippen LogP contribution in [-0.2, 0) is 9.53 Å². The maximum Gasteiger partial charge on any atom is 0.411 e. The third kappa shape index (κ3) is 8.43. The van der Waals surface area contributed by atoms with Crippen LogP contribution in [0.4, 0.5) is 13.2 Å². The van der Waals surface area contributed by atoms with Crippen LogP contribution in [0.25, 0.3) is 0 Å². The van der Waals surface area contributed by atoms with E-state index in [1.165, 1.54) is 4.90 Å². The maximum absolute atomic E-state index is 11.8. The molecule has 0 bridgehead atoms. The molecule has 0 fully saturated rings. The lowest BCUT2D eigenvalue weighted by Crippen LogP contribution is -2.40. The molecule has 0 heterocycles. The number of halogens is 4. The largest absolute Gasteiger partial charge is 0.411 e. The molecule has 0 aromatic rings. The minimum Gasteiger partial charge on any atom is -0.362 e. The Hall–Kier alpha value is -0.300. The minimum absolute atomic E-state index is 0.0453. The van der Waals surface area contributed by atoms with Crippen molar-refractivity contribution in [3.8, 4) is 0 Å². The molecule has 0 aromatic carbocycles. The molecular weight excluding hydrogens is 303 g/mol. The number of carbonyl (C=O) groups is 1. The monoisotopic (exact) mass is 319 g/mol. The summed E-state index contributed by atoms with van der Waals surface area (Å²) in [5.41, 5.74) is 0. The van der Waals surface area contributed by atoms with Crippen molar-refractivity contribution in [2.24, 2.45) is 0 Å². The summed E-state index contributed by atoms with van der Waals surface area (Å²) in [5, 5.41) is 0.743. The van der Waals surface area contributed by atoms with Crippen molar-refractivity contribution >= 4 is 21.8 Å². The number of amides is 1. The van der Waals surface area contributed by atoms with E-state index in [0.717, 1.165) is 11.8 Å². The van der Waals surface area contributed by atoms with E-state index in [9.17, 15) is 18.0 Å². The number of rotatable bonds is 7. The van der Waals surface area contributed by atoms with Gasteiger partial charge >= 0.3 is 6.18 Å². The summed E-state index contributed by atoms with van der Waals surface area (Å²) in [6.07, 6.45) is -3.64. The molecule has 0 unspecified atom stereocenters. The molecule has 0 radical (unpaired) electrons. The molecule has 0 rings (SSSR count). The van der Waals surface area contributed by atoms with E-state index in [-0.39, 0.29) is 6.04 Å². The van der Waals surface area contributed by atoms with Crippen LogP contribution in [-0.4, -0.2) is 48.1 Å².